The zero-order chi connectivity index (χ0) is 12.5. The van der Waals surface area contributed by atoms with Crippen molar-refractivity contribution in [3.8, 4) is 0 Å². The standard InChI is InChI=1S/C4H5F5O3S/c5-3(6)1-2-12-13(10,11)4(7,8)9/h3H,1-2H2/i2D2. The summed E-state index contributed by atoms with van der Waals surface area (Å²) in [5.74, 6) is 0. The highest BCUT2D eigenvalue weighted by Gasteiger charge is 2.47. The average Bonchev–Trinajstić information content (AvgIpc) is 1.75. The van der Waals surface area contributed by atoms with Crippen molar-refractivity contribution in [3.05, 3.63) is 0 Å². The Morgan fingerprint density at radius 2 is 1.85 bits per heavy atom. The molecule has 0 fully saturated rings. The zero-order valence-corrected chi connectivity index (χ0v) is 6.62. The number of hydrogen-bond acceptors (Lipinski definition) is 3. The Balaban J connectivity index is 4.74. The maximum absolute atomic E-state index is 11.6. The third kappa shape index (κ3) is 4.36. The first-order valence-corrected chi connectivity index (χ1v) is 4.08. The second kappa shape index (κ2) is 4.18. The van der Waals surface area contributed by atoms with Crippen LogP contribution < -0.4 is 0 Å². The first-order valence-electron chi connectivity index (χ1n) is 3.67. The molecule has 0 aromatic heterocycles. The van der Waals surface area contributed by atoms with Gasteiger partial charge in [0.1, 0.15) is 0 Å². The van der Waals surface area contributed by atoms with Crippen LogP contribution in [0.2, 0.25) is 0 Å². The Hall–Kier alpha value is -0.440. The van der Waals surface area contributed by atoms with Crippen molar-refractivity contribution < 1.29 is 37.3 Å². The number of rotatable bonds is 4. The second-order valence-corrected chi connectivity index (χ2v) is 3.26. The predicted octanol–water partition coefficient (Wildman–Crippen LogP) is 1.51. The molecule has 0 amide bonds. The number of hydrogen-bond donors (Lipinski definition) is 0. The fourth-order valence-electron chi connectivity index (χ4n) is 0.222. The van der Waals surface area contributed by atoms with Crippen molar-refractivity contribution in [2.75, 3.05) is 6.56 Å². The monoisotopic (exact) mass is 230 g/mol. The maximum Gasteiger partial charge on any atom is 0.523 e. The predicted molar refractivity (Wildman–Crippen MR) is 31.5 cm³/mol. The quantitative estimate of drug-likeness (QED) is 0.417. The van der Waals surface area contributed by atoms with Gasteiger partial charge in [-0.1, -0.05) is 0 Å². The fourth-order valence-corrected chi connectivity index (χ4v) is 0.540. The van der Waals surface area contributed by atoms with Gasteiger partial charge in [0.2, 0.25) is 6.43 Å². The van der Waals surface area contributed by atoms with Gasteiger partial charge in [0.15, 0.2) is 0 Å². The summed E-state index contributed by atoms with van der Waals surface area (Å²) >= 11 is 0. The van der Waals surface area contributed by atoms with E-state index < -0.39 is 35.0 Å². The number of halogens is 5. The van der Waals surface area contributed by atoms with E-state index in [0.717, 1.165) is 0 Å². The van der Waals surface area contributed by atoms with Crippen LogP contribution in [0, 0.1) is 0 Å². The normalized spacial score (nSPS) is 17.1. The van der Waals surface area contributed by atoms with E-state index in [4.69, 9.17) is 2.74 Å². The average molecular weight is 230 g/mol. The lowest BCUT2D eigenvalue weighted by molar-refractivity contribution is -0.0550. The van der Waals surface area contributed by atoms with Gasteiger partial charge in [0, 0.05) is 6.42 Å². The maximum atomic E-state index is 11.6. The summed E-state index contributed by atoms with van der Waals surface area (Å²) in [6.45, 7) is -3.59. The molecule has 0 saturated carbocycles. The molecule has 0 rings (SSSR count). The second-order valence-electron chi connectivity index (χ2n) is 1.72. The lowest BCUT2D eigenvalue weighted by atomic mass is 10.5. The molecule has 0 aliphatic carbocycles. The molecule has 0 bridgehead atoms. The molecule has 0 atom stereocenters. The summed E-state index contributed by atoms with van der Waals surface area (Å²) in [6, 6.07) is 0. The summed E-state index contributed by atoms with van der Waals surface area (Å²) in [6.07, 6.45) is -5.11. The summed E-state index contributed by atoms with van der Waals surface area (Å²) in [4.78, 5) is 0. The van der Waals surface area contributed by atoms with Gasteiger partial charge in [-0.2, -0.15) is 21.6 Å². The highest BCUT2D eigenvalue weighted by molar-refractivity contribution is 7.87. The van der Waals surface area contributed by atoms with Crippen molar-refractivity contribution in [2.45, 2.75) is 18.4 Å². The molecule has 0 aliphatic heterocycles. The van der Waals surface area contributed by atoms with Gasteiger partial charge in [-0.3, -0.25) is 4.18 Å². The Morgan fingerprint density at radius 3 is 2.15 bits per heavy atom. The Morgan fingerprint density at radius 1 is 1.38 bits per heavy atom. The summed E-state index contributed by atoms with van der Waals surface area (Å²) in [7, 11) is -6.21. The molecular weight excluding hydrogens is 223 g/mol. The van der Waals surface area contributed by atoms with E-state index in [-0.39, 0.29) is 0 Å². The minimum atomic E-state index is -6.21. The van der Waals surface area contributed by atoms with Crippen LogP contribution in [0.1, 0.15) is 9.16 Å². The van der Waals surface area contributed by atoms with Gasteiger partial charge in [-0.05, 0) is 0 Å². The molecule has 80 valence electrons. The smallest absolute Gasteiger partial charge is 0.263 e. The van der Waals surface area contributed by atoms with Gasteiger partial charge in [-0.25, -0.2) is 8.78 Å². The fraction of sp³-hybridized carbons (Fsp3) is 1.00. The first-order chi connectivity index (χ1) is 6.37. The lowest BCUT2D eigenvalue weighted by Gasteiger charge is -2.07. The van der Waals surface area contributed by atoms with E-state index in [1.165, 1.54) is 0 Å². The van der Waals surface area contributed by atoms with Crippen molar-refractivity contribution in [2.24, 2.45) is 0 Å². The highest BCUT2D eigenvalue weighted by atomic mass is 32.2. The molecule has 13 heavy (non-hydrogen) atoms. The molecule has 0 aromatic carbocycles. The molecule has 0 radical (unpaired) electrons. The molecule has 0 N–H and O–H groups in total. The Kier molecular flexibility index (Phi) is 2.94. The molecule has 3 nitrogen and oxygen atoms in total. The largest absolute Gasteiger partial charge is 0.523 e. The van der Waals surface area contributed by atoms with Crippen LogP contribution in [-0.2, 0) is 14.3 Å². The van der Waals surface area contributed by atoms with Crippen molar-refractivity contribution in [1.82, 2.24) is 0 Å². The molecule has 9 heteroatoms. The summed E-state index contributed by atoms with van der Waals surface area (Å²) in [5.41, 5.74) is -5.84. The zero-order valence-electron chi connectivity index (χ0n) is 7.81. The summed E-state index contributed by atoms with van der Waals surface area (Å²) in [5, 5.41) is 0. The SMILES string of the molecule is [2H]C([2H])(CC(F)F)OS(=O)(=O)C(F)(F)F. The van der Waals surface area contributed by atoms with Crippen molar-refractivity contribution in [1.29, 1.82) is 0 Å². The third-order valence-electron chi connectivity index (χ3n) is 0.690. The van der Waals surface area contributed by atoms with Gasteiger partial charge < -0.3 is 0 Å². The van der Waals surface area contributed by atoms with Crippen LogP contribution in [0.3, 0.4) is 0 Å². The van der Waals surface area contributed by atoms with Crippen molar-refractivity contribution in [3.63, 3.8) is 0 Å². The highest BCUT2D eigenvalue weighted by Crippen LogP contribution is 2.24. The summed E-state index contributed by atoms with van der Waals surface area (Å²) < 4.78 is 94.5. The molecular formula is C4H5F5O3S. The van der Waals surface area contributed by atoms with Gasteiger partial charge in [-0.15, -0.1) is 0 Å². The van der Waals surface area contributed by atoms with Gasteiger partial charge in [0.05, 0.1) is 9.30 Å². The molecule has 0 aromatic rings. The van der Waals surface area contributed by atoms with Crippen LogP contribution in [-0.4, -0.2) is 26.9 Å². The van der Waals surface area contributed by atoms with E-state index in [1.807, 2.05) is 0 Å². The first kappa shape index (κ1) is 9.13. The van der Waals surface area contributed by atoms with Crippen LogP contribution >= 0.6 is 0 Å². The topological polar surface area (TPSA) is 43.4 Å². The molecule has 0 aliphatic rings. The van der Waals surface area contributed by atoms with E-state index in [9.17, 15) is 30.4 Å². The molecule has 0 spiro atoms. The van der Waals surface area contributed by atoms with Crippen LogP contribution in [0.25, 0.3) is 0 Å². The van der Waals surface area contributed by atoms with Gasteiger partial charge >= 0.3 is 15.6 Å². The van der Waals surface area contributed by atoms with Crippen LogP contribution in [0.5, 0.6) is 0 Å². The van der Waals surface area contributed by atoms with Crippen LogP contribution in [0.15, 0.2) is 0 Å². The van der Waals surface area contributed by atoms with Gasteiger partial charge in [0.25, 0.3) is 0 Å². The molecule has 0 unspecified atom stereocenters. The lowest BCUT2D eigenvalue weighted by Crippen LogP contribution is -2.26. The minimum absolute atomic E-state index is 1.78. The van der Waals surface area contributed by atoms with E-state index in [1.54, 1.807) is 0 Å². The van der Waals surface area contributed by atoms with E-state index >= 15 is 0 Å². The van der Waals surface area contributed by atoms with E-state index in [2.05, 4.69) is 4.18 Å². The van der Waals surface area contributed by atoms with E-state index in [0.29, 0.717) is 0 Å². The third-order valence-corrected chi connectivity index (χ3v) is 1.59. The van der Waals surface area contributed by atoms with Crippen LogP contribution in [0.4, 0.5) is 22.0 Å². The molecule has 0 saturated heterocycles. The number of alkyl halides is 5. The Bertz CT molecular complexity index is 311. The molecule has 0 heterocycles. The minimum Gasteiger partial charge on any atom is -0.263 e. The van der Waals surface area contributed by atoms with Crippen molar-refractivity contribution >= 4 is 10.1 Å². The Labute approximate surface area is 73.4 Å².